The van der Waals surface area contributed by atoms with E-state index in [0.29, 0.717) is 0 Å². The normalized spacial score (nSPS) is 45.5. The lowest BCUT2D eigenvalue weighted by Crippen LogP contribution is -2.03. The molecule has 2 aliphatic carbocycles. The Morgan fingerprint density at radius 2 is 2.10 bits per heavy atom. The molecule has 0 aromatic carbocycles. The summed E-state index contributed by atoms with van der Waals surface area (Å²) < 4.78 is 0. The predicted molar refractivity (Wildman–Crippen MR) is 40.6 cm³/mol. The third kappa shape index (κ3) is 1.24. The van der Waals surface area contributed by atoms with Gasteiger partial charge in [0.15, 0.2) is 0 Å². The molecule has 0 saturated heterocycles. The van der Waals surface area contributed by atoms with Crippen LogP contribution in [0.25, 0.3) is 0 Å². The summed E-state index contributed by atoms with van der Waals surface area (Å²) in [5.41, 5.74) is 0. The first-order valence-electron chi connectivity index (χ1n) is 4.22. The molecule has 2 aliphatic rings. The molecule has 0 bridgehead atoms. The van der Waals surface area contributed by atoms with Gasteiger partial charge in [0.25, 0.3) is 0 Å². The quantitative estimate of drug-likeness (QED) is 0.505. The van der Waals surface area contributed by atoms with Crippen molar-refractivity contribution in [1.82, 2.24) is 0 Å². The van der Waals surface area contributed by atoms with E-state index in [0.717, 1.165) is 18.3 Å². The van der Waals surface area contributed by atoms with Crippen LogP contribution in [0.2, 0.25) is 0 Å². The van der Waals surface area contributed by atoms with Gasteiger partial charge >= 0.3 is 0 Å². The van der Waals surface area contributed by atoms with E-state index >= 15 is 0 Å². The number of allylic oxidation sites excluding steroid dienone is 1. The van der Waals surface area contributed by atoms with Crippen LogP contribution in [0.1, 0.15) is 25.7 Å². The lowest BCUT2D eigenvalue weighted by atomic mass is 10.0. The molecule has 1 N–H and O–H groups in total. The smallest absolute Gasteiger partial charge is 0.0721 e. The molecular formula is C9H14O. The second-order valence-corrected chi connectivity index (χ2v) is 3.54. The van der Waals surface area contributed by atoms with E-state index in [1.165, 1.54) is 19.3 Å². The molecule has 0 aromatic rings. The lowest BCUT2D eigenvalue weighted by molar-refractivity contribution is 0.205. The fourth-order valence-electron chi connectivity index (χ4n) is 1.80. The highest BCUT2D eigenvalue weighted by Gasteiger charge is 2.34. The van der Waals surface area contributed by atoms with Crippen molar-refractivity contribution in [3.05, 3.63) is 12.2 Å². The van der Waals surface area contributed by atoms with Gasteiger partial charge < -0.3 is 5.11 Å². The molecule has 1 fully saturated rings. The summed E-state index contributed by atoms with van der Waals surface area (Å²) in [7, 11) is 0. The lowest BCUT2D eigenvalue weighted by Gasteiger charge is -2.07. The van der Waals surface area contributed by atoms with Gasteiger partial charge in [0.05, 0.1) is 6.10 Å². The van der Waals surface area contributed by atoms with Crippen LogP contribution in [0, 0.1) is 11.8 Å². The zero-order valence-electron chi connectivity index (χ0n) is 6.16. The Morgan fingerprint density at radius 1 is 1.20 bits per heavy atom. The highest BCUT2D eigenvalue weighted by atomic mass is 16.3. The fourth-order valence-corrected chi connectivity index (χ4v) is 1.80. The van der Waals surface area contributed by atoms with Crippen molar-refractivity contribution in [1.29, 1.82) is 0 Å². The van der Waals surface area contributed by atoms with Gasteiger partial charge in [-0.25, -0.2) is 0 Å². The molecule has 0 amide bonds. The summed E-state index contributed by atoms with van der Waals surface area (Å²) in [6.07, 6.45) is 8.93. The fraction of sp³-hybridized carbons (Fsp3) is 0.778. The maximum Gasteiger partial charge on any atom is 0.0721 e. The molecule has 0 spiro atoms. The minimum atomic E-state index is -0.151. The molecule has 0 aliphatic heterocycles. The van der Waals surface area contributed by atoms with Crippen LogP contribution < -0.4 is 0 Å². The van der Waals surface area contributed by atoms with Gasteiger partial charge in [-0.2, -0.15) is 0 Å². The molecular weight excluding hydrogens is 124 g/mol. The van der Waals surface area contributed by atoms with Crippen molar-refractivity contribution >= 4 is 0 Å². The van der Waals surface area contributed by atoms with Crippen LogP contribution in [0.3, 0.4) is 0 Å². The summed E-state index contributed by atoms with van der Waals surface area (Å²) in [6, 6.07) is 0. The minimum absolute atomic E-state index is 0.151. The van der Waals surface area contributed by atoms with E-state index in [1.807, 2.05) is 6.08 Å². The third-order valence-electron chi connectivity index (χ3n) is 2.63. The largest absolute Gasteiger partial charge is 0.389 e. The second kappa shape index (κ2) is 2.39. The van der Waals surface area contributed by atoms with Gasteiger partial charge in [-0.15, -0.1) is 0 Å². The number of hydrogen-bond acceptors (Lipinski definition) is 1. The minimum Gasteiger partial charge on any atom is -0.389 e. The summed E-state index contributed by atoms with van der Waals surface area (Å²) in [5, 5.41) is 9.26. The summed E-state index contributed by atoms with van der Waals surface area (Å²) in [6.45, 7) is 0. The first-order valence-corrected chi connectivity index (χ1v) is 4.22. The molecule has 2 rings (SSSR count). The zero-order valence-corrected chi connectivity index (χ0v) is 6.16. The SMILES string of the molecule is O[C@@H]1C=C[C@@H]2C[C@@H]2CCC1. The molecule has 10 heavy (non-hydrogen) atoms. The van der Waals surface area contributed by atoms with Crippen LogP contribution in [0.15, 0.2) is 12.2 Å². The second-order valence-electron chi connectivity index (χ2n) is 3.54. The Kier molecular flexibility index (Phi) is 1.53. The van der Waals surface area contributed by atoms with Gasteiger partial charge in [0.2, 0.25) is 0 Å². The summed E-state index contributed by atoms with van der Waals surface area (Å²) in [4.78, 5) is 0. The molecule has 1 nitrogen and oxygen atoms in total. The van der Waals surface area contributed by atoms with Crippen molar-refractivity contribution in [2.75, 3.05) is 0 Å². The van der Waals surface area contributed by atoms with Crippen LogP contribution in [-0.2, 0) is 0 Å². The summed E-state index contributed by atoms with van der Waals surface area (Å²) in [5.74, 6) is 1.80. The Morgan fingerprint density at radius 3 is 3.00 bits per heavy atom. The van der Waals surface area contributed by atoms with Crippen molar-refractivity contribution in [3.8, 4) is 0 Å². The van der Waals surface area contributed by atoms with Gasteiger partial charge in [-0.05, 0) is 31.1 Å². The summed E-state index contributed by atoms with van der Waals surface area (Å²) >= 11 is 0. The van der Waals surface area contributed by atoms with Crippen LogP contribution in [-0.4, -0.2) is 11.2 Å². The number of fused-ring (bicyclic) bond motifs is 1. The van der Waals surface area contributed by atoms with E-state index in [2.05, 4.69) is 6.08 Å². The van der Waals surface area contributed by atoms with Crippen molar-refractivity contribution in [2.24, 2.45) is 11.8 Å². The maximum absolute atomic E-state index is 9.26. The number of hydrogen-bond donors (Lipinski definition) is 1. The first kappa shape index (κ1) is 6.41. The Labute approximate surface area is 61.8 Å². The molecule has 1 heteroatoms. The molecule has 1 saturated carbocycles. The van der Waals surface area contributed by atoms with E-state index < -0.39 is 0 Å². The van der Waals surface area contributed by atoms with Crippen molar-refractivity contribution < 1.29 is 5.11 Å². The topological polar surface area (TPSA) is 20.2 Å². The van der Waals surface area contributed by atoms with Gasteiger partial charge in [-0.1, -0.05) is 18.6 Å². The molecule has 0 heterocycles. The van der Waals surface area contributed by atoms with Gasteiger partial charge in [-0.3, -0.25) is 0 Å². The molecule has 3 atom stereocenters. The average Bonchev–Trinajstić information content (AvgIpc) is 2.59. The van der Waals surface area contributed by atoms with E-state index in [9.17, 15) is 5.11 Å². The number of aliphatic hydroxyl groups excluding tert-OH is 1. The maximum atomic E-state index is 9.26. The first-order chi connectivity index (χ1) is 4.86. The third-order valence-corrected chi connectivity index (χ3v) is 2.63. The van der Waals surface area contributed by atoms with E-state index in [1.54, 1.807) is 0 Å². The van der Waals surface area contributed by atoms with Gasteiger partial charge in [0, 0.05) is 0 Å². The van der Waals surface area contributed by atoms with Gasteiger partial charge in [0.1, 0.15) is 0 Å². The van der Waals surface area contributed by atoms with Crippen molar-refractivity contribution in [2.45, 2.75) is 31.8 Å². The van der Waals surface area contributed by atoms with Crippen molar-refractivity contribution in [3.63, 3.8) is 0 Å². The highest BCUT2D eigenvalue weighted by Crippen LogP contribution is 2.44. The van der Waals surface area contributed by atoms with Crippen LogP contribution in [0.5, 0.6) is 0 Å². The van der Waals surface area contributed by atoms with E-state index in [-0.39, 0.29) is 6.10 Å². The average molecular weight is 138 g/mol. The monoisotopic (exact) mass is 138 g/mol. The molecule has 0 radical (unpaired) electrons. The van der Waals surface area contributed by atoms with Crippen LogP contribution >= 0.6 is 0 Å². The van der Waals surface area contributed by atoms with Crippen LogP contribution in [0.4, 0.5) is 0 Å². The Balaban J connectivity index is 1.98. The standard InChI is InChI=1S/C9H14O/c10-9-3-1-2-7-6-8(7)4-5-9/h4-5,7-10H,1-3,6H2/t7-,8+,9-/m0/s1. The Bertz CT molecular complexity index is 147. The molecule has 0 aromatic heterocycles. The molecule has 56 valence electrons. The highest BCUT2D eigenvalue weighted by molar-refractivity contribution is 5.05. The number of aliphatic hydroxyl groups is 1. The Hall–Kier alpha value is -0.300. The van der Waals surface area contributed by atoms with E-state index in [4.69, 9.17) is 0 Å². The zero-order chi connectivity index (χ0) is 6.97. The predicted octanol–water partition coefficient (Wildman–Crippen LogP) is 1.72. The molecule has 0 unspecified atom stereocenters. The number of rotatable bonds is 0.